The summed E-state index contributed by atoms with van der Waals surface area (Å²) < 4.78 is 10.8. The van der Waals surface area contributed by atoms with Crippen molar-refractivity contribution < 1.29 is 14.3 Å². The summed E-state index contributed by atoms with van der Waals surface area (Å²) in [6.07, 6.45) is 0.691. The van der Waals surface area contributed by atoms with Crippen LogP contribution in [0.5, 0.6) is 0 Å². The summed E-state index contributed by atoms with van der Waals surface area (Å²) >= 11 is 0. The minimum atomic E-state index is -0.453. The highest BCUT2D eigenvalue weighted by Crippen LogP contribution is 2.19. The molecule has 1 saturated heterocycles. The van der Waals surface area contributed by atoms with Crippen LogP contribution in [-0.4, -0.2) is 49.4 Å². The number of hydrogen-bond acceptors (Lipinski definition) is 4. The summed E-state index contributed by atoms with van der Waals surface area (Å²) in [5.74, 6) is 0. The third kappa shape index (κ3) is 5.52. The zero-order valence-corrected chi connectivity index (χ0v) is 14.5. The lowest BCUT2D eigenvalue weighted by molar-refractivity contribution is 0.0289. The van der Waals surface area contributed by atoms with Gasteiger partial charge in [-0.25, -0.2) is 4.79 Å². The van der Waals surface area contributed by atoms with Gasteiger partial charge in [-0.2, -0.15) is 0 Å². The van der Waals surface area contributed by atoms with E-state index in [1.807, 2.05) is 39.0 Å². The molecule has 2 rings (SSSR count). The van der Waals surface area contributed by atoms with Crippen LogP contribution in [0.25, 0.3) is 0 Å². The topological polar surface area (TPSA) is 50.8 Å². The van der Waals surface area contributed by atoms with E-state index in [0.29, 0.717) is 13.2 Å². The monoisotopic (exact) mass is 320 g/mol. The number of nitrogens with one attached hydrogen (secondary N) is 1. The van der Waals surface area contributed by atoms with Crippen molar-refractivity contribution in [3.63, 3.8) is 0 Å². The van der Waals surface area contributed by atoms with Gasteiger partial charge in [0, 0.05) is 26.2 Å². The molecule has 0 spiro atoms. The van der Waals surface area contributed by atoms with Gasteiger partial charge in [-0.15, -0.1) is 0 Å². The third-order valence-electron chi connectivity index (χ3n) is 3.81. The number of nitrogens with zero attached hydrogens (tertiary/aromatic N) is 1. The van der Waals surface area contributed by atoms with Crippen molar-refractivity contribution >= 4 is 6.09 Å². The fourth-order valence-electron chi connectivity index (χ4n) is 2.77. The van der Waals surface area contributed by atoms with E-state index in [1.165, 1.54) is 5.56 Å². The number of amides is 1. The van der Waals surface area contributed by atoms with Crippen LogP contribution >= 0.6 is 0 Å². The summed E-state index contributed by atoms with van der Waals surface area (Å²) in [7, 11) is 1.71. The number of rotatable bonds is 5. The van der Waals surface area contributed by atoms with Crippen LogP contribution in [-0.2, 0) is 9.47 Å². The molecule has 1 aromatic carbocycles. The lowest BCUT2D eigenvalue weighted by Gasteiger charge is -2.25. The number of methoxy groups -OCH3 is 1. The Morgan fingerprint density at radius 1 is 1.35 bits per heavy atom. The van der Waals surface area contributed by atoms with Crippen molar-refractivity contribution in [3.05, 3.63) is 35.9 Å². The maximum atomic E-state index is 12.1. The summed E-state index contributed by atoms with van der Waals surface area (Å²) in [6.45, 7) is 7.66. The number of carbonyl (C=O) groups is 1. The van der Waals surface area contributed by atoms with Gasteiger partial charge in [0.05, 0.1) is 12.6 Å². The molecule has 1 aliphatic rings. The third-order valence-corrected chi connectivity index (χ3v) is 3.81. The van der Waals surface area contributed by atoms with E-state index >= 15 is 0 Å². The number of carbonyl (C=O) groups excluding carboxylic acids is 1. The zero-order chi connectivity index (χ0) is 16.9. The van der Waals surface area contributed by atoms with Crippen molar-refractivity contribution in [2.45, 2.75) is 44.9 Å². The number of benzene rings is 1. The average Bonchev–Trinajstić information content (AvgIpc) is 2.95. The van der Waals surface area contributed by atoms with Gasteiger partial charge in [0.2, 0.25) is 0 Å². The van der Waals surface area contributed by atoms with Crippen molar-refractivity contribution in [2.75, 3.05) is 26.8 Å². The zero-order valence-electron chi connectivity index (χ0n) is 14.5. The molecular weight excluding hydrogens is 292 g/mol. The largest absolute Gasteiger partial charge is 0.444 e. The predicted octanol–water partition coefficient (Wildman–Crippen LogP) is 2.97. The SMILES string of the molecule is COCC(NC1CCN(C(=O)OC(C)(C)C)C1)c1ccccc1. The van der Waals surface area contributed by atoms with Gasteiger partial charge in [0.15, 0.2) is 0 Å². The van der Waals surface area contributed by atoms with Gasteiger partial charge >= 0.3 is 6.09 Å². The molecule has 1 fully saturated rings. The lowest BCUT2D eigenvalue weighted by Crippen LogP contribution is -2.40. The fourth-order valence-corrected chi connectivity index (χ4v) is 2.77. The second-order valence-corrected chi connectivity index (χ2v) is 7.00. The molecular formula is C18H28N2O3. The summed E-state index contributed by atoms with van der Waals surface area (Å²) in [4.78, 5) is 13.9. The molecule has 0 saturated carbocycles. The van der Waals surface area contributed by atoms with E-state index in [4.69, 9.17) is 9.47 Å². The van der Waals surface area contributed by atoms with Crippen LogP contribution in [0.15, 0.2) is 30.3 Å². The van der Waals surface area contributed by atoms with E-state index in [0.717, 1.165) is 13.0 Å². The molecule has 1 aromatic rings. The smallest absolute Gasteiger partial charge is 0.410 e. The molecule has 2 unspecified atom stereocenters. The van der Waals surface area contributed by atoms with E-state index < -0.39 is 5.60 Å². The molecule has 1 N–H and O–H groups in total. The quantitative estimate of drug-likeness (QED) is 0.906. The van der Waals surface area contributed by atoms with Gasteiger partial charge in [-0.05, 0) is 32.8 Å². The molecule has 1 aliphatic heterocycles. The van der Waals surface area contributed by atoms with Crippen LogP contribution in [0.1, 0.15) is 38.8 Å². The number of hydrogen-bond donors (Lipinski definition) is 1. The van der Waals surface area contributed by atoms with Gasteiger partial charge in [0.25, 0.3) is 0 Å². The molecule has 0 aromatic heterocycles. The highest BCUT2D eigenvalue weighted by atomic mass is 16.6. The Kier molecular flexibility index (Phi) is 6.02. The molecule has 5 heteroatoms. The molecule has 0 bridgehead atoms. The first kappa shape index (κ1) is 17.8. The Balaban J connectivity index is 1.91. The average molecular weight is 320 g/mol. The highest BCUT2D eigenvalue weighted by molar-refractivity contribution is 5.68. The van der Waals surface area contributed by atoms with Crippen LogP contribution in [0, 0.1) is 0 Å². The Hall–Kier alpha value is -1.59. The fraction of sp³-hybridized carbons (Fsp3) is 0.611. The van der Waals surface area contributed by atoms with Crippen molar-refractivity contribution in [1.82, 2.24) is 10.2 Å². The molecule has 1 heterocycles. The van der Waals surface area contributed by atoms with E-state index in [-0.39, 0.29) is 18.2 Å². The molecule has 128 valence electrons. The molecule has 1 amide bonds. The standard InChI is InChI=1S/C18H28N2O3/c1-18(2,3)23-17(21)20-11-10-15(12-20)19-16(13-22-4)14-8-6-5-7-9-14/h5-9,15-16,19H,10-13H2,1-4H3. The predicted molar refractivity (Wildman–Crippen MR) is 90.4 cm³/mol. The first-order valence-corrected chi connectivity index (χ1v) is 8.17. The maximum Gasteiger partial charge on any atom is 0.410 e. The normalized spacial score (nSPS) is 19.7. The first-order valence-electron chi connectivity index (χ1n) is 8.17. The minimum absolute atomic E-state index is 0.129. The van der Waals surface area contributed by atoms with Crippen LogP contribution in [0.2, 0.25) is 0 Å². The molecule has 0 aliphatic carbocycles. The van der Waals surface area contributed by atoms with E-state index in [2.05, 4.69) is 17.4 Å². The summed E-state index contributed by atoms with van der Waals surface area (Å²) in [5.41, 5.74) is 0.746. The minimum Gasteiger partial charge on any atom is -0.444 e. The number of ether oxygens (including phenoxy) is 2. The van der Waals surface area contributed by atoms with Gasteiger partial charge in [0.1, 0.15) is 5.60 Å². The van der Waals surface area contributed by atoms with E-state index in [9.17, 15) is 4.79 Å². The van der Waals surface area contributed by atoms with Crippen molar-refractivity contribution in [2.24, 2.45) is 0 Å². The van der Waals surface area contributed by atoms with Crippen LogP contribution in [0.3, 0.4) is 0 Å². The Labute approximate surface area is 139 Å². The Bertz CT molecular complexity index is 499. The molecule has 5 nitrogen and oxygen atoms in total. The van der Waals surface area contributed by atoms with E-state index in [1.54, 1.807) is 12.0 Å². The van der Waals surface area contributed by atoms with Gasteiger partial charge in [-0.3, -0.25) is 0 Å². The Morgan fingerprint density at radius 2 is 2.04 bits per heavy atom. The summed E-state index contributed by atoms with van der Waals surface area (Å²) in [5, 5.41) is 3.61. The Morgan fingerprint density at radius 3 is 2.65 bits per heavy atom. The lowest BCUT2D eigenvalue weighted by atomic mass is 10.1. The molecule has 0 radical (unpaired) electrons. The number of likely N-dealkylation sites (tertiary alicyclic amines) is 1. The van der Waals surface area contributed by atoms with Gasteiger partial charge in [-0.1, -0.05) is 30.3 Å². The summed E-state index contributed by atoms with van der Waals surface area (Å²) in [6, 6.07) is 10.6. The van der Waals surface area contributed by atoms with Gasteiger partial charge < -0.3 is 19.7 Å². The van der Waals surface area contributed by atoms with Crippen LogP contribution < -0.4 is 5.32 Å². The van der Waals surface area contributed by atoms with Crippen LogP contribution in [0.4, 0.5) is 4.79 Å². The van der Waals surface area contributed by atoms with Crippen molar-refractivity contribution in [1.29, 1.82) is 0 Å². The molecule has 23 heavy (non-hydrogen) atoms. The van der Waals surface area contributed by atoms with Crippen molar-refractivity contribution in [3.8, 4) is 0 Å². The first-order chi connectivity index (χ1) is 10.9. The highest BCUT2D eigenvalue weighted by Gasteiger charge is 2.31. The maximum absolute atomic E-state index is 12.1. The molecule has 2 atom stereocenters. The second-order valence-electron chi connectivity index (χ2n) is 7.00. The second kappa shape index (κ2) is 7.79.